The monoisotopic (exact) mass is 847 g/mol. The molecule has 0 aliphatic heterocycles. The van der Waals surface area contributed by atoms with Crippen LogP contribution in [0.5, 0.6) is 0 Å². The van der Waals surface area contributed by atoms with E-state index in [4.69, 9.17) is 14.2 Å². The van der Waals surface area contributed by atoms with Crippen LogP contribution in [0.25, 0.3) is 0 Å². The predicted molar refractivity (Wildman–Crippen MR) is 256 cm³/mol. The van der Waals surface area contributed by atoms with Gasteiger partial charge in [0.2, 0.25) is 0 Å². The Balaban J connectivity index is 4.12. The molecule has 0 aliphatic carbocycles. The van der Waals surface area contributed by atoms with E-state index in [1.807, 2.05) is 0 Å². The summed E-state index contributed by atoms with van der Waals surface area (Å²) in [4.78, 5) is 37.8. The second-order valence-electron chi connectivity index (χ2n) is 18.2. The first-order valence-corrected chi connectivity index (χ1v) is 26.7. The number of carbonyl (C=O) groups is 3. The largest absolute Gasteiger partial charge is 0.462 e. The van der Waals surface area contributed by atoms with E-state index in [9.17, 15) is 14.4 Å². The molecule has 60 heavy (non-hydrogen) atoms. The van der Waals surface area contributed by atoms with E-state index in [-0.39, 0.29) is 31.1 Å². The van der Waals surface area contributed by atoms with Crippen molar-refractivity contribution in [3.63, 3.8) is 0 Å². The highest BCUT2D eigenvalue weighted by Gasteiger charge is 2.19. The highest BCUT2D eigenvalue weighted by molar-refractivity contribution is 5.71. The normalized spacial score (nSPS) is 12.0. The van der Waals surface area contributed by atoms with Gasteiger partial charge in [-0.2, -0.15) is 0 Å². The first kappa shape index (κ1) is 58.1. The van der Waals surface area contributed by atoms with E-state index >= 15 is 0 Å². The SMILES string of the molecule is CCCCCC/C=C\CCCCCCCC(=O)OC(COC(=O)CCCCCCCCC)COC(=O)CCCCCCCCCCCCCCCCCCCCCCCC. The third kappa shape index (κ3) is 47.2. The summed E-state index contributed by atoms with van der Waals surface area (Å²) in [6.45, 7) is 6.61. The van der Waals surface area contributed by atoms with E-state index in [2.05, 4.69) is 32.9 Å². The molecule has 0 saturated heterocycles. The minimum Gasteiger partial charge on any atom is -0.462 e. The van der Waals surface area contributed by atoms with Gasteiger partial charge in [0, 0.05) is 19.3 Å². The molecule has 0 amide bonds. The number of hydrogen-bond acceptors (Lipinski definition) is 6. The van der Waals surface area contributed by atoms with Crippen LogP contribution in [0.1, 0.15) is 297 Å². The van der Waals surface area contributed by atoms with Gasteiger partial charge in [-0.15, -0.1) is 0 Å². The van der Waals surface area contributed by atoms with Crippen molar-refractivity contribution in [3.05, 3.63) is 12.2 Å². The first-order chi connectivity index (χ1) is 29.5. The fourth-order valence-electron chi connectivity index (χ4n) is 7.97. The van der Waals surface area contributed by atoms with Gasteiger partial charge in [0.1, 0.15) is 13.2 Å². The van der Waals surface area contributed by atoms with Crippen molar-refractivity contribution in [2.24, 2.45) is 0 Å². The molecule has 1 atom stereocenters. The van der Waals surface area contributed by atoms with Crippen LogP contribution < -0.4 is 0 Å². The molecule has 0 N–H and O–H groups in total. The number of carbonyl (C=O) groups excluding carboxylic acids is 3. The number of esters is 3. The Morgan fingerprint density at radius 2 is 0.550 bits per heavy atom. The van der Waals surface area contributed by atoms with Crippen LogP contribution >= 0.6 is 0 Å². The summed E-state index contributed by atoms with van der Waals surface area (Å²) in [6.07, 6.45) is 55.1. The van der Waals surface area contributed by atoms with E-state index < -0.39 is 6.10 Å². The number of unbranched alkanes of at least 4 members (excludes halogenated alkanes) is 36. The molecule has 0 aromatic carbocycles. The lowest BCUT2D eigenvalue weighted by molar-refractivity contribution is -0.167. The van der Waals surface area contributed by atoms with Crippen LogP contribution in [0.4, 0.5) is 0 Å². The summed E-state index contributed by atoms with van der Waals surface area (Å²) >= 11 is 0. The molecule has 1 unspecified atom stereocenters. The van der Waals surface area contributed by atoms with E-state index in [1.165, 1.54) is 193 Å². The molecule has 0 spiro atoms. The van der Waals surface area contributed by atoms with Crippen molar-refractivity contribution in [1.29, 1.82) is 0 Å². The third-order valence-corrected chi connectivity index (χ3v) is 12.0. The molecule has 0 radical (unpaired) electrons. The molecule has 6 heteroatoms. The molecular formula is C54H102O6. The lowest BCUT2D eigenvalue weighted by Gasteiger charge is -2.18. The Bertz CT molecular complexity index is 931. The Morgan fingerprint density at radius 1 is 0.317 bits per heavy atom. The molecule has 354 valence electrons. The molecule has 0 saturated carbocycles. The lowest BCUT2D eigenvalue weighted by atomic mass is 10.0. The summed E-state index contributed by atoms with van der Waals surface area (Å²) in [5.41, 5.74) is 0. The van der Waals surface area contributed by atoms with E-state index in [1.54, 1.807) is 0 Å². The maximum absolute atomic E-state index is 12.7. The van der Waals surface area contributed by atoms with Gasteiger partial charge >= 0.3 is 17.9 Å². The van der Waals surface area contributed by atoms with Crippen LogP contribution in [0.15, 0.2) is 12.2 Å². The van der Waals surface area contributed by atoms with Crippen molar-refractivity contribution in [2.45, 2.75) is 303 Å². The van der Waals surface area contributed by atoms with Gasteiger partial charge in [0.05, 0.1) is 0 Å². The summed E-state index contributed by atoms with van der Waals surface area (Å²) in [7, 11) is 0. The smallest absolute Gasteiger partial charge is 0.306 e. The van der Waals surface area contributed by atoms with Gasteiger partial charge in [-0.05, 0) is 44.9 Å². The fraction of sp³-hybridized carbons (Fsp3) is 0.907. The van der Waals surface area contributed by atoms with Gasteiger partial charge < -0.3 is 14.2 Å². The standard InChI is InChI=1S/C54H102O6/c1-4-7-10-13-16-18-20-22-23-24-25-26-27-28-29-30-32-33-35-38-41-44-47-53(56)59-50-51(49-58-52(55)46-43-40-37-15-12-9-6-3)60-54(57)48-45-42-39-36-34-31-21-19-17-14-11-8-5-2/h19,21,51H,4-18,20,22-50H2,1-3H3/b21-19-. The lowest BCUT2D eigenvalue weighted by Crippen LogP contribution is -2.30. The van der Waals surface area contributed by atoms with Crippen molar-refractivity contribution < 1.29 is 28.6 Å². The Morgan fingerprint density at radius 3 is 0.850 bits per heavy atom. The number of rotatable bonds is 49. The van der Waals surface area contributed by atoms with Crippen LogP contribution in [0, 0.1) is 0 Å². The Labute approximate surface area is 373 Å². The van der Waals surface area contributed by atoms with Crippen LogP contribution in [-0.4, -0.2) is 37.2 Å². The van der Waals surface area contributed by atoms with Gasteiger partial charge in [-0.1, -0.05) is 245 Å². The number of allylic oxidation sites excluding steroid dienone is 2. The average molecular weight is 847 g/mol. The van der Waals surface area contributed by atoms with Crippen LogP contribution in [-0.2, 0) is 28.6 Å². The second-order valence-corrected chi connectivity index (χ2v) is 18.2. The molecule has 0 aromatic rings. The molecule has 0 rings (SSSR count). The maximum atomic E-state index is 12.7. The quantitative estimate of drug-likeness (QED) is 0.0263. The van der Waals surface area contributed by atoms with Gasteiger partial charge in [-0.3, -0.25) is 14.4 Å². The predicted octanol–water partition coefficient (Wildman–Crippen LogP) is 17.4. The zero-order valence-electron chi connectivity index (χ0n) is 40.5. The zero-order chi connectivity index (χ0) is 43.7. The fourth-order valence-corrected chi connectivity index (χ4v) is 7.97. The number of ether oxygens (including phenoxy) is 3. The minimum atomic E-state index is -0.766. The third-order valence-electron chi connectivity index (χ3n) is 12.0. The van der Waals surface area contributed by atoms with Gasteiger partial charge in [0.15, 0.2) is 6.10 Å². The second kappa shape index (κ2) is 49.8. The maximum Gasteiger partial charge on any atom is 0.306 e. The molecule has 0 heterocycles. The molecule has 0 bridgehead atoms. The minimum absolute atomic E-state index is 0.0687. The Kier molecular flexibility index (Phi) is 48.3. The summed E-state index contributed by atoms with van der Waals surface area (Å²) in [6, 6.07) is 0. The molecular weight excluding hydrogens is 745 g/mol. The molecule has 0 aromatic heterocycles. The summed E-state index contributed by atoms with van der Waals surface area (Å²) in [5.74, 6) is -0.869. The molecule has 0 aliphatic rings. The van der Waals surface area contributed by atoms with Gasteiger partial charge in [-0.25, -0.2) is 0 Å². The van der Waals surface area contributed by atoms with Gasteiger partial charge in [0.25, 0.3) is 0 Å². The highest BCUT2D eigenvalue weighted by atomic mass is 16.6. The van der Waals surface area contributed by atoms with E-state index in [0.29, 0.717) is 19.3 Å². The van der Waals surface area contributed by atoms with Crippen LogP contribution in [0.3, 0.4) is 0 Å². The van der Waals surface area contributed by atoms with Crippen LogP contribution in [0.2, 0.25) is 0 Å². The summed E-state index contributed by atoms with van der Waals surface area (Å²) < 4.78 is 16.7. The topological polar surface area (TPSA) is 78.9 Å². The number of hydrogen-bond donors (Lipinski definition) is 0. The molecule has 0 fully saturated rings. The highest BCUT2D eigenvalue weighted by Crippen LogP contribution is 2.17. The van der Waals surface area contributed by atoms with Crippen molar-refractivity contribution in [1.82, 2.24) is 0 Å². The van der Waals surface area contributed by atoms with E-state index in [0.717, 1.165) is 64.2 Å². The summed E-state index contributed by atoms with van der Waals surface area (Å²) in [5, 5.41) is 0. The molecule has 6 nitrogen and oxygen atoms in total. The van der Waals surface area contributed by atoms with Crippen molar-refractivity contribution >= 4 is 17.9 Å². The first-order valence-electron chi connectivity index (χ1n) is 26.7. The Hall–Kier alpha value is -1.85. The van der Waals surface area contributed by atoms with Crippen molar-refractivity contribution in [3.8, 4) is 0 Å². The zero-order valence-corrected chi connectivity index (χ0v) is 40.5. The van der Waals surface area contributed by atoms with Crippen molar-refractivity contribution in [2.75, 3.05) is 13.2 Å². The average Bonchev–Trinajstić information content (AvgIpc) is 3.24.